The zero-order valence-electron chi connectivity index (χ0n) is 22.6. The summed E-state index contributed by atoms with van der Waals surface area (Å²) in [4.78, 5) is 32.0. The van der Waals surface area contributed by atoms with Crippen LogP contribution in [0.5, 0.6) is 11.5 Å². The third kappa shape index (κ3) is 5.62. The first-order valence-corrected chi connectivity index (χ1v) is 14.0. The molecule has 2 heterocycles. The van der Waals surface area contributed by atoms with E-state index in [2.05, 4.69) is 0 Å². The number of ether oxygens (including phenoxy) is 3. The molecule has 5 rings (SSSR count). The first-order valence-electron chi connectivity index (χ1n) is 13.2. The fourth-order valence-electron chi connectivity index (χ4n) is 4.58. The van der Waals surface area contributed by atoms with E-state index in [1.54, 1.807) is 13.8 Å². The number of rotatable bonds is 9. The average molecular weight is 555 g/mol. The van der Waals surface area contributed by atoms with Crippen molar-refractivity contribution in [2.45, 2.75) is 33.4 Å². The van der Waals surface area contributed by atoms with Gasteiger partial charge in [0.05, 0.1) is 23.3 Å². The number of esters is 1. The van der Waals surface area contributed by atoms with Gasteiger partial charge >= 0.3 is 5.97 Å². The Balaban J connectivity index is 1.55. The van der Waals surface area contributed by atoms with Crippen molar-refractivity contribution in [1.29, 1.82) is 0 Å². The van der Waals surface area contributed by atoms with Gasteiger partial charge in [0.15, 0.2) is 16.3 Å². The van der Waals surface area contributed by atoms with Crippen LogP contribution in [0.1, 0.15) is 43.5 Å². The van der Waals surface area contributed by atoms with Crippen molar-refractivity contribution in [1.82, 2.24) is 4.57 Å². The van der Waals surface area contributed by atoms with Gasteiger partial charge in [-0.05, 0) is 55.7 Å². The summed E-state index contributed by atoms with van der Waals surface area (Å²) in [5.41, 5.74) is 3.36. The van der Waals surface area contributed by atoms with E-state index >= 15 is 0 Å². The van der Waals surface area contributed by atoms with Crippen molar-refractivity contribution in [3.8, 4) is 11.5 Å². The standard InChI is InChI=1S/C32H30N2O5S/c1-4-37-26-18-23(16-17-25(26)39-20-22-12-8-6-9-13-22)19-27-30(35)34-21(3)28(31(36)38-5-2)29(33-32(34)40-27)24-14-10-7-11-15-24/h6-19,29H,4-5,20H2,1-3H3/b27-19-/t29-/m1/s1. The molecule has 7 nitrogen and oxygen atoms in total. The summed E-state index contributed by atoms with van der Waals surface area (Å²) in [5.74, 6) is 0.756. The van der Waals surface area contributed by atoms with E-state index in [1.165, 1.54) is 15.9 Å². The molecule has 1 atom stereocenters. The molecular formula is C32H30N2O5S. The summed E-state index contributed by atoms with van der Waals surface area (Å²) in [5, 5.41) is 0. The van der Waals surface area contributed by atoms with Gasteiger partial charge in [0.1, 0.15) is 12.6 Å². The molecule has 40 heavy (non-hydrogen) atoms. The van der Waals surface area contributed by atoms with Gasteiger partial charge in [-0.15, -0.1) is 0 Å². The van der Waals surface area contributed by atoms with Gasteiger partial charge in [0, 0.05) is 5.70 Å². The Morgan fingerprint density at radius 1 is 0.950 bits per heavy atom. The number of hydrogen-bond donors (Lipinski definition) is 0. The Labute approximate surface area is 236 Å². The van der Waals surface area contributed by atoms with Crippen LogP contribution in [0.2, 0.25) is 0 Å². The number of nitrogens with zero attached hydrogens (tertiary/aromatic N) is 2. The highest BCUT2D eigenvalue weighted by atomic mass is 32.1. The minimum absolute atomic E-state index is 0.231. The lowest BCUT2D eigenvalue weighted by Gasteiger charge is -2.22. The molecule has 0 fully saturated rings. The summed E-state index contributed by atoms with van der Waals surface area (Å²) in [6.45, 7) is 6.56. The van der Waals surface area contributed by atoms with Crippen molar-refractivity contribution in [3.05, 3.63) is 121 Å². The van der Waals surface area contributed by atoms with Crippen LogP contribution in [0, 0.1) is 0 Å². The molecule has 0 saturated heterocycles. The van der Waals surface area contributed by atoms with E-state index in [9.17, 15) is 9.59 Å². The van der Waals surface area contributed by atoms with E-state index in [0.29, 0.717) is 45.3 Å². The number of thiazole rings is 1. The molecule has 0 spiro atoms. The second kappa shape index (κ2) is 12.2. The number of carbonyl (C=O) groups excluding carboxylic acids is 1. The predicted octanol–water partition coefficient (Wildman–Crippen LogP) is 4.88. The molecule has 0 aliphatic carbocycles. The highest BCUT2D eigenvalue weighted by molar-refractivity contribution is 7.07. The minimum atomic E-state index is -0.559. The van der Waals surface area contributed by atoms with Crippen LogP contribution in [0.15, 0.2) is 94.2 Å². The highest BCUT2D eigenvalue weighted by Crippen LogP contribution is 2.32. The quantitative estimate of drug-likeness (QED) is 0.276. The third-order valence-electron chi connectivity index (χ3n) is 6.46. The summed E-state index contributed by atoms with van der Waals surface area (Å²) in [6, 6.07) is 24.5. The Hall–Kier alpha value is -4.43. The lowest BCUT2D eigenvalue weighted by Crippen LogP contribution is -2.35. The monoisotopic (exact) mass is 554 g/mol. The van der Waals surface area contributed by atoms with Gasteiger partial charge < -0.3 is 14.2 Å². The summed E-state index contributed by atoms with van der Waals surface area (Å²) < 4.78 is 19.2. The molecule has 4 aromatic rings. The number of fused-ring (bicyclic) bond motifs is 1. The molecule has 8 heteroatoms. The van der Waals surface area contributed by atoms with Crippen LogP contribution in [0.4, 0.5) is 0 Å². The second-order valence-electron chi connectivity index (χ2n) is 9.11. The van der Waals surface area contributed by atoms with Crippen molar-refractivity contribution < 1.29 is 19.0 Å². The molecule has 1 aliphatic heterocycles. The van der Waals surface area contributed by atoms with Gasteiger partial charge in [-0.3, -0.25) is 9.36 Å². The summed E-state index contributed by atoms with van der Waals surface area (Å²) in [6.07, 6.45) is 1.81. The average Bonchev–Trinajstić information content (AvgIpc) is 3.28. The largest absolute Gasteiger partial charge is 0.490 e. The van der Waals surface area contributed by atoms with Crippen molar-refractivity contribution in [2.75, 3.05) is 13.2 Å². The number of allylic oxidation sites excluding steroid dienone is 1. The van der Waals surface area contributed by atoms with Crippen LogP contribution < -0.4 is 24.4 Å². The zero-order valence-corrected chi connectivity index (χ0v) is 23.4. The number of hydrogen-bond acceptors (Lipinski definition) is 7. The van der Waals surface area contributed by atoms with E-state index in [4.69, 9.17) is 19.2 Å². The maximum atomic E-state index is 13.6. The van der Waals surface area contributed by atoms with Crippen molar-refractivity contribution in [3.63, 3.8) is 0 Å². The maximum Gasteiger partial charge on any atom is 0.338 e. The number of aromatic nitrogens is 1. The molecule has 0 saturated carbocycles. The number of carbonyl (C=O) groups is 1. The minimum Gasteiger partial charge on any atom is -0.490 e. The molecular weight excluding hydrogens is 524 g/mol. The van der Waals surface area contributed by atoms with Gasteiger partial charge in [0.2, 0.25) is 0 Å². The molecule has 0 unspecified atom stereocenters. The molecule has 0 bridgehead atoms. The molecule has 0 N–H and O–H groups in total. The summed E-state index contributed by atoms with van der Waals surface area (Å²) >= 11 is 1.29. The SMILES string of the molecule is CCOC(=O)C1=C(C)n2c(s/c(=C\c3ccc(OCc4ccccc4)c(OCC)c3)c2=O)=N[C@@H]1c1ccccc1. The van der Waals surface area contributed by atoms with Gasteiger partial charge in [-0.25, -0.2) is 9.79 Å². The van der Waals surface area contributed by atoms with Gasteiger partial charge in [-0.2, -0.15) is 0 Å². The highest BCUT2D eigenvalue weighted by Gasteiger charge is 2.31. The maximum absolute atomic E-state index is 13.6. The molecule has 3 aromatic carbocycles. The van der Waals surface area contributed by atoms with Gasteiger partial charge in [0.25, 0.3) is 5.56 Å². The lowest BCUT2D eigenvalue weighted by molar-refractivity contribution is -0.138. The molecule has 1 aromatic heterocycles. The van der Waals surface area contributed by atoms with Crippen molar-refractivity contribution >= 4 is 29.1 Å². The predicted molar refractivity (Wildman–Crippen MR) is 156 cm³/mol. The first kappa shape index (κ1) is 27.1. The zero-order chi connectivity index (χ0) is 28.1. The van der Waals surface area contributed by atoms with Crippen LogP contribution >= 0.6 is 11.3 Å². The van der Waals surface area contributed by atoms with Crippen molar-refractivity contribution in [2.24, 2.45) is 4.99 Å². The Morgan fingerprint density at radius 3 is 2.38 bits per heavy atom. The smallest absolute Gasteiger partial charge is 0.338 e. The van der Waals surface area contributed by atoms with Crippen LogP contribution in [0.25, 0.3) is 11.8 Å². The van der Waals surface area contributed by atoms with Crippen LogP contribution in [-0.4, -0.2) is 23.8 Å². The van der Waals surface area contributed by atoms with Crippen LogP contribution in [0.3, 0.4) is 0 Å². The Bertz CT molecular complexity index is 1720. The Morgan fingerprint density at radius 2 is 1.68 bits per heavy atom. The first-order chi connectivity index (χ1) is 19.5. The Kier molecular flexibility index (Phi) is 8.26. The van der Waals surface area contributed by atoms with E-state index in [1.807, 2.05) is 91.9 Å². The van der Waals surface area contributed by atoms with E-state index < -0.39 is 12.0 Å². The van der Waals surface area contributed by atoms with E-state index in [-0.39, 0.29) is 12.2 Å². The second-order valence-corrected chi connectivity index (χ2v) is 10.1. The summed E-state index contributed by atoms with van der Waals surface area (Å²) in [7, 11) is 0. The molecule has 0 amide bonds. The normalized spacial score (nSPS) is 14.9. The third-order valence-corrected chi connectivity index (χ3v) is 7.44. The van der Waals surface area contributed by atoms with E-state index in [0.717, 1.165) is 16.7 Å². The molecule has 1 aliphatic rings. The lowest BCUT2D eigenvalue weighted by atomic mass is 9.97. The molecule has 0 radical (unpaired) electrons. The topological polar surface area (TPSA) is 79.1 Å². The molecule has 204 valence electrons. The van der Waals surface area contributed by atoms with Crippen LogP contribution in [-0.2, 0) is 16.1 Å². The van der Waals surface area contributed by atoms with Gasteiger partial charge in [-0.1, -0.05) is 78.1 Å². The number of benzene rings is 3. The fraction of sp³-hybridized carbons (Fsp3) is 0.219. The fourth-order valence-corrected chi connectivity index (χ4v) is 5.62.